The van der Waals surface area contributed by atoms with E-state index in [0.717, 1.165) is 60.0 Å². The van der Waals surface area contributed by atoms with Gasteiger partial charge in [0, 0.05) is 23.4 Å². The summed E-state index contributed by atoms with van der Waals surface area (Å²) in [5.74, 6) is 0.953. The number of para-hydroxylation sites is 1. The number of hydrogen-bond acceptors (Lipinski definition) is 3. The van der Waals surface area contributed by atoms with Crippen LogP contribution in [0.1, 0.15) is 12.8 Å². The van der Waals surface area contributed by atoms with Crippen LogP contribution in [-0.4, -0.2) is 31.1 Å². The van der Waals surface area contributed by atoms with E-state index in [-0.39, 0.29) is 12.4 Å². The first-order valence-electron chi connectivity index (χ1n) is 8.92. The Morgan fingerprint density at radius 1 is 1.08 bits per heavy atom. The van der Waals surface area contributed by atoms with Crippen molar-refractivity contribution in [3.05, 3.63) is 53.9 Å². The molecule has 0 saturated carbocycles. The van der Waals surface area contributed by atoms with Gasteiger partial charge in [-0.1, -0.05) is 18.2 Å². The Kier molecular flexibility index (Phi) is 3.52. The van der Waals surface area contributed by atoms with Gasteiger partial charge in [-0.3, -0.25) is 4.90 Å². The van der Waals surface area contributed by atoms with Gasteiger partial charge in [0.05, 0.1) is 0 Å². The standard InChI is InChI=1S/C21H20FNO2/c22-19(18-12-23-9-7-14(18)8-10-23)13-24-15-5-6-17-16-3-1-2-4-20(16)25-21(17)11-15/h1-6,11,14H,7-10,12-13H2/b19-18-. The minimum absolute atomic E-state index is 0.00537. The van der Waals surface area contributed by atoms with Crippen LogP contribution >= 0.6 is 0 Å². The summed E-state index contributed by atoms with van der Waals surface area (Å²) in [6.45, 7) is 2.98. The Bertz CT molecular complexity index is 966. The molecule has 6 rings (SSSR count). The van der Waals surface area contributed by atoms with E-state index in [0.29, 0.717) is 11.7 Å². The van der Waals surface area contributed by atoms with Gasteiger partial charge in [0.15, 0.2) is 0 Å². The smallest absolute Gasteiger partial charge is 0.140 e. The van der Waals surface area contributed by atoms with Crippen LogP contribution in [0.25, 0.3) is 21.9 Å². The maximum absolute atomic E-state index is 14.6. The normalized spacial score (nSPS) is 24.8. The van der Waals surface area contributed by atoms with E-state index < -0.39 is 0 Å². The molecule has 2 aromatic carbocycles. The van der Waals surface area contributed by atoms with Crippen LogP contribution in [0.4, 0.5) is 4.39 Å². The Morgan fingerprint density at radius 3 is 2.68 bits per heavy atom. The van der Waals surface area contributed by atoms with Gasteiger partial charge in [-0.15, -0.1) is 0 Å². The lowest BCUT2D eigenvalue weighted by molar-refractivity contribution is 0.154. The number of benzene rings is 2. The summed E-state index contributed by atoms with van der Waals surface area (Å²) < 4.78 is 26.2. The molecular weight excluding hydrogens is 317 g/mol. The zero-order valence-corrected chi connectivity index (χ0v) is 14.0. The Balaban J connectivity index is 1.38. The first-order valence-corrected chi connectivity index (χ1v) is 8.92. The van der Waals surface area contributed by atoms with Crippen molar-refractivity contribution in [3.8, 4) is 5.75 Å². The first kappa shape index (κ1) is 15.0. The third-order valence-electron chi connectivity index (χ3n) is 5.54. The number of furan rings is 1. The highest BCUT2D eigenvalue weighted by atomic mass is 19.1. The van der Waals surface area contributed by atoms with E-state index >= 15 is 0 Å². The van der Waals surface area contributed by atoms with Gasteiger partial charge in [-0.2, -0.15) is 0 Å². The highest BCUT2D eigenvalue weighted by Gasteiger charge is 2.31. The van der Waals surface area contributed by atoms with Crippen LogP contribution in [0.5, 0.6) is 5.75 Å². The van der Waals surface area contributed by atoms with Gasteiger partial charge in [0.25, 0.3) is 0 Å². The van der Waals surface area contributed by atoms with Crippen LogP contribution in [0.15, 0.2) is 58.3 Å². The summed E-state index contributed by atoms with van der Waals surface area (Å²) in [6.07, 6.45) is 2.15. The minimum atomic E-state index is -0.0981. The Hall–Kier alpha value is -2.33. The summed E-state index contributed by atoms with van der Waals surface area (Å²) >= 11 is 0. The Labute approximate surface area is 145 Å². The summed E-state index contributed by atoms with van der Waals surface area (Å²) in [6, 6.07) is 13.7. The largest absolute Gasteiger partial charge is 0.486 e. The van der Waals surface area contributed by atoms with Gasteiger partial charge in [0.1, 0.15) is 29.3 Å². The van der Waals surface area contributed by atoms with E-state index in [4.69, 9.17) is 9.15 Å². The molecule has 128 valence electrons. The van der Waals surface area contributed by atoms with E-state index in [1.165, 1.54) is 0 Å². The predicted molar refractivity (Wildman–Crippen MR) is 96.5 cm³/mol. The monoisotopic (exact) mass is 337 g/mol. The average Bonchev–Trinajstić information content (AvgIpc) is 3.04. The van der Waals surface area contributed by atoms with Crippen LogP contribution in [0, 0.1) is 5.92 Å². The summed E-state index contributed by atoms with van der Waals surface area (Å²) in [4.78, 5) is 2.33. The molecule has 0 aliphatic carbocycles. The van der Waals surface area contributed by atoms with E-state index in [1.54, 1.807) is 0 Å². The molecule has 0 atom stereocenters. The molecule has 4 heteroatoms. The van der Waals surface area contributed by atoms with Crippen molar-refractivity contribution in [1.29, 1.82) is 0 Å². The maximum atomic E-state index is 14.6. The molecule has 2 bridgehead atoms. The van der Waals surface area contributed by atoms with Gasteiger partial charge in [-0.05, 0) is 55.6 Å². The SMILES string of the molecule is F/C(COc1ccc2c(c1)oc1ccccc12)=C1/CN2CCC1CC2. The van der Waals surface area contributed by atoms with Crippen molar-refractivity contribution in [3.63, 3.8) is 0 Å². The fraction of sp³-hybridized carbons (Fsp3) is 0.333. The van der Waals surface area contributed by atoms with Crippen molar-refractivity contribution in [2.45, 2.75) is 12.8 Å². The van der Waals surface area contributed by atoms with Crippen LogP contribution in [0.2, 0.25) is 0 Å². The van der Waals surface area contributed by atoms with Crippen molar-refractivity contribution >= 4 is 21.9 Å². The predicted octanol–water partition coefficient (Wildman–Crippen LogP) is 4.91. The lowest BCUT2D eigenvalue weighted by Crippen LogP contribution is -2.43. The highest BCUT2D eigenvalue weighted by molar-refractivity contribution is 6.05. The molecule has 25 heavy (non-hydrogen) atoms. The number of fused-ring (bicyclic) bond motifs is 6. The first-order chi connectivity index (χ1) is 12.3. The van der Waals surface area contributed by atoms with E-state index in [9.17, 15) is 4.39 Å². The molecule has 0 radical (unpaired) electrons. The summed E-state index contributed by atoms with van der Waals surface area (Å²) in [5.41, 5.74) is 2.58. The molecule has 3 saturated heterocycles. The third-order valence-corrected chi connectivity index (χ3v) is 5.54. The van der Waals surface area contributed by atoms with E-state index in [1.807, 2.05) is 42.5 Å². The van der Waals surface area contributed by atoms with Crippen molar-refractivity contribution in [2.24, 2.45) is 5.92 Å². The molecule has 3 fully saturated rings. The van der Waals surface area contributed by atoms with Crippen molar-refractivity contribution in [1.82, 2.24) is 4.90 Å². The summed E-state index contributed by atoms with van der Waals surface area (Å²) in [5, 5.41) is 2.14. The number of halogens is 1. The van der Waals surface area contributed by atoms with E-state index in [2.05, 4.69) is 4.90 Å². The number of piperidine rings is 3. The van der Waals surface area contributed by atoms with Gasteiger partial charge >= 0.3 is 0 Å². The molecule has 0 N–H and O–H groups in total. The lowest BCUT2D eigenvalue weighted by Gasteiger charge is -2.41. The number of ether oxygens (including phenoxy) is 1. The topological polar surface area (TPSA) is 25.6 Å². The Morgan fingerprint density at radius 2 is 1.88 bits per heavy atom. The maximum Gasteiger partial charge on any atom is 0.140 e. The molecule has 0 unspecified atom stereocenters. The molecular formula is C21H20FNO2. The van der Waals surface area contributed by atoms with Crippen molar-refractivity contribution in [2.75, 3.05) is 26.2 Å². The molecule has 3 nitrogen and oxygen atoms in total. The fourth-order valence-corrected chi connectivity index (χ4v) is 4.15. The second-order valence-corrected chi connectivity index (χ2v) is 7.03. The third kappa shape index (κ3) is 2.61. The van der Waals surface area contributed by atoms with Crippen LogP contribution in [-0.2, 0) is 0 Å². The number of hydrogen-bond donors (Lipinski definition) is 0. The fourth-order valence-electron chi connectivity index (χ4n) is 4.15. The highest BCUT2D eigenvalue weighted by Crippen LogP contribution is 2.35. The zero-order chi connectivity index (χ0) is 16.8. The van der Waals surface area contributed by atoms with Gasteiger partial charge < -0.3 is 9.15 Å². The van der Waals surface area contributed by atoms with Gasteiger partial charge in [-0.25, -0.2) is 4.39 Å². The molecule has 0 spiro atoms. The molecule has 3 aromatic rings. The molecule has 1 aromatic heterocycles. The average molecular weight is 337 g/mol. The minimum Gasteiger partial charge on any atom is -0.486 e. The second kappa shape index (κ2) is 5.88. The van der Waals surface area contributed by atoms with Gasteiger partial charge in [0.2, 0.25) is 0 Å². The molecule has 4 heterocycles. The van der Waals surface area contributed by atoms with Crippen LogP contribution in [0.3, 0.4) is 0 Å². The van der Waals surface area contributed by atoms with Crippen molar-refractivity contribution < 1.29 is 13.5 Å². The number of rotatable bonds is 3. The quantitative estimate of drug-likeness (QED) is 0.679. The molecule has 3 aliphatic heterocycles. The molecule has 0 amide bonds. The second-order valence-electron chi connectivity index (χ2n) is 7.03. The zero-order valence-electron chi connectivity index (χ0n) is 14.0. The number of nitrogens with zero attached hydrogens (tertiary/aromatic N) is 1. The lowest BCUT2D eigenvalue weighted by atomic mass is 9.83. The summed E-state index contributed by atoms with van der Waals surface area (Å²) in [7, 11) is 0. The van der Waals surface area contributed by atoms with Crippen LogP contribution < -0.4 is 4.74 Å². The molecule has 3 aliphatic rings.